The summed E-state index contributed by atoms with van der Waals surface area (Å²) in [5.41, 5.74) is 0. The van der Waals surface area contributed by atoms with E-state index in [4.69, 9.17) is 4.43 Å². The highest BCUT2D eigenvalue weighted by atomic mass is 28.4. The van der Waals surface area contributed by atoms with E-state index in [1.54, 1.807) is 0 Å². The largest absolute Gasteiger partial charge is 0.420 e. The summed E-state index contributed by atoms with van der Waals surface area (Å²) in [7, 11) is 0.621. The van der Waals surface area contributed by atoms with Crippen LogP contribution in [0, 0.1) is 0 Å². The fraction of sp³-hybridized carbons (Fsp3) is 1.00. The molecule has 1 nitrogen and oxygen atoms in total. The van der Waals surface area contributed by atoms with Gasteiger partial charge in [0.2, 0.25) is 0 Å². The number of rotatable bonds is 12. The van der Waals surface area contributed by atoms with Crippen LogP contribution in [0.1, 0.15) is 72.1 Å². The molecule has 0 amide bonds. The Hall–Kier alpha value is 0.177. The molecule has 0 aromatic rings. The van der Waals surface area contributed by atoms with Crippen molar-refractivity contribution in [3.63, 3.8) is 0 Å². The molecule has 0 aliphatic heterocycles. The SMILES string of the molecule is CCCCC[Si](CCCC)(CCCCC)OC. The third kappa shape index (κ3) is 7.99. The second-order valence-corrected chi connectivity index (χ2v) is 9.68. The van der Waals surface area contributed by atoms with Crippen LogP contribution < -0.4 is 0 Å². The highest BCUT2D eigenvalue weighted by molar-refractivity contribution is 6.73. The third-order valence-corrected chi connectivity index (χ3v) is 8.55. The van der Waals surface area contributed by atoms with E-state index < -0.39 is 8.32 Å². The van der Waals surface area contributed by atoms with E-state index in [1.807, 2.05) is 7.11 Å². The standard InChI is InChI=1S/C15H34OSi/c1-5-8-11-14-17(16-4,13-10-7-3)15-12-9-6-2/h5-15H2,1-4H3. The van der Waals surface area contributed by atoms with Crippen LogP contribution in [0.3, 0.4) is 0 Å². The Morgan fingerprint density at radius 3 is 1.41 bits per heavy atom. The van der Waals surface area contributed by atoms with Crippen LogP contribution in [0.15, 0.2) is 0 Å². The summed E-state index contributed by atoms with van der Waals surface area (Å²) in [6.07, 6.45) is 10.9. The van der Waals surface area contributed by atoms with Gasteiger partial charge >= 0.3 is 0 Å². The van der Waals surface area contributed by atoms with Crippen LogP contribution in [-0.2, 0) is 4.43 Å². The van der Waals surface area contributed by atoms with Crippen LogP contribution >= 0.6 is 0 Å². The Morgan fingerprint density at radius 2 is 1.06 bits per heavy atom. The number of unbranched alkanes of at least 4 members (excludes halogenated alkanes) is 5. The fourth-order valence-corrected chi connectivity index (χ4v) is 6.72. The van der Waals surface area contributed by atoms with E-state index >= 15 is 0 Å². The first-order valence-corrected chi connectivity index (χ1v) is 10.3. The van der Waals surface area contributed by atoms with Gasteiger partial charge in [-0.05, 0) is 18.1 Å². The van der Waals surface area contributed by atoms with Crippen LogP contribution in [-0.4, -0.2) is 15.4 Å². The molecule has 0 spiro atoms. The first-order valence-electron chi connectivity index (χ1n) is 7.79. The summed E-state index contributed by atoms with van der Waals surface area (Å²) in [6, 6.07) is 4.20. The van der Waals surface area contributed by atoms with Gasteiger partial charge in [-0.2, -0.15) is 0 Å². The van der Waals surface area contributed by atoms with Crippen molar-refractivity contribution >= 4 is 8.32 Å². The topological polar surface area (TPSA) is 9.23 Å². The molecule has 0 saturated heterocycles. The first-order chi connectivity index (χ1) is 8.24. The van der Waals surface area contributed by atoms with Gasteiger partial charge in [0.05, 0.1) is 0 Å². The van der Waals surface area contributed by atoms with Gasteiger partial charge < -0.3 is 4.43 Å². The Bertz CT molecular complexity index is 149. The van der Waals surface area contributed by atoms with Crippen molar-refractivity contribution in [3.05, 3.63) is 0 Å². The Morgan fingerprint density at radius 1 is 0.647 bits per heavy atom. The average Bonchev–Trinajstić information content (AvgIpc) is 2.36. The zero-order valence-corrected chi connectivity index (χ0v) is 13.7. The lowest BCUT2D eigenvalue weighted by Gasteiger charge is -2.30. The fourth-order valence-electron chi connectivity index (χ4n) is 2.57. The summed E-state index contributed by atoms with van der Waals surface area (Å²) >= 11 is 0. The van der Waals surface area contributed by atoms with E-state index in [2.05, 4.69) is 20.8 Å². The lowest BCUT2D eigenvalue weighted by atomic mass is 10.3. The van der Waals surface area contributed by atoms with Crippen molar-refractivity contribution in [1.29, 1.82) is 0 Å². The minimum Gasteiger partial charge on any atom is -0.420 e. The quantitative estimate of drug-likeness (QED) is 0.319. The minimum absolute atomic E-state index is 1.32. The van der Waals surface area contributed by atoms with Crippen molar-refractivity contribution in [2.75, 3.05) is 7.11 Å². The lowest BCUT2D eigenvalue weighted by molar-refractivity contribution is 0.382. The highest BCUT2D eigenvalue weighted by Gasteiger charge is 2.31. The summed E-state index contributed by atoms with van der Waals surface area (Å²) in [5, 5.41) is 0. The normalized spacial score (nSPS) is 12.0. The second-order valence-electron chi connectivity index (χ2n) is 5.40. The van der Waals surface area contributed by atoms with Crippen molar-refractivity contribution in [2.45, 2.75) is 90.3 Å². The molecule has 0 atom stereocenters. The molecule has 0 aromatic heterocycles. The predicted octanol–water partition coefficient (Wildman–Crippen LogP) is 5.76. The maximum Gasteiger partial charge on any atom is 0.192 e. The molecule has 0 radical (unpaired) electrons. The molecule has 0 aliphatic carbocycles. The second kappa shape index (κ2) is 11.3. The van der Waals surface area contributed by atoms with Crippen LogP contribution in [0.5, 0.6) is 0 Å². The molecule has 0 saturated carbocycles. The van der Waals surface area contributed by atoms with E-state index in [0.717, 1.165) is 0 Å². The molecule has 0 aliphatic rings. The monoisotopic (exact) mass is 258 g/mol. The minimum atomic E-state index is -1.36. The van der Waals surface area contributed by atoms with Crippen molar-refractivity contribution in [1.82, 2.24) is 0 Å². The summed E-state index contributed by atoms with van der Waals surface area (Å²) in [4.78, 5) is 0. The van der Waals surface area contributed by atoms with Gasteiger partial charge in [0.15, 0.2) is 8.32 Å². The first kappa shape index (κ1) is 17.2. The zero-order chi connectivity index (χ0) is 13.0. The molecular weight excluding hydrogens is 224 g/mol. The van der Waals surface area contributed by atoms with E-state index in [9.17, 15) is 0 Å². The molecule has 0 rings (SSSR count). The molecule has 0 fully saturated rings. The van der Waals surface area contributed by atoms with Gasteiger partial charge in [0.25, 0.3) is 0 Å². The molecule has 2 heteroatoms. The maximum absolute atomic E-state index is 6.07. The predicted molar refractivity (Wildman–Crippen MR) is 81.1 cm³/mol. The smallest absolute Gasteiger partial charge is 0.192 e. The Balaban J connectivity index is 4.17. The molecular formula is C15H34OSi. The Labute approximate surface area is 110 Å². The molecule has 17 heavy (non-hydrogen) atoms. The molecule has 0 N–H and O–H groups in total. The number of hydrogen-bond donors (Lipinski definition) is 0. The van der Waals surface area contributed by atoms with E-state index in [-0.39, 0.29) is 0 Å². The zero-order valence-electron chi connectivity index (χ0n) is 12.7. The molecule has 0 aromatic carbocycles. The van der Waals surface area contributed by atoms with Gasteiger partial charge in [-0.25, -0.2) is 0 Å². The van der Waals surface area contributed by atoms with Crippen molar-refractivity contribution in [2.24, 2.45) is 0 Å². The summed E-state index contributed by atoms with van der Waals surface area (Å²) in [6.45, 7) is 6.88. The van der Waals surface area contributed by atoms with Gasteiger partial charge in [0, 0.05) is 7.11 Å². The average molecular weight is 259 g/mol. The van der Waals surface area contributed by atoms with Crippen molar-refractivity contribution < 1.29 is 4.43 Å². The van der Waals surface area contributed by atoms with Gasteiger partial charge in [-0.15, -0.1) is 0 Å². The summed E-state index contributed by atoms with van der Waals surface area (Å²) < 4.78 is 6.07. The van der Waals surface area contributed by atoms with Crippen LogP contribution in [0.25, 0.3) is 0 Å². The van der Waals surface area contributed by atoms with E-state index in [0.29, 0.717) is 0 Å². The Kier molecular flexibility index (Phi) is 11.4. The molecule has 104 valence electrons. The van der Waals surface area contributed by atoms with E-state index in [1.165, 1.54) is 69.5 Å². The van der Waals surface area contributed by atoms with Crippen LogP contribution in [0.4, 0.5) is 0 Å². The lowest BCUT2D eigenvalue weighted by Crippen LogP contribution is -2.36. The molecule has 0 bridgehead atoms. The maximum atomic E-state index is 6.07. The molecule has 0 unspecified atom stereocenters. The third-order valence-electron chi connectivity index (χ3n) is 3.89. The van der Waals surface area contributed by atoms with Crippen LogP contribution in [0.2, 0.25) is 18.1 Å². The number of hydrogen-bond acceptors (Lipinski definition) is 1. The van der Waals surface area contributed by atoms with Gasteiger partial charge in [0.1, 0.15) is 0 Å². The molecule has 0 heterocycles. The summed E-state index contributed by atoms with van der Waals surface area (Å²) in [5.74, 6) is 0. The van der Waals surface area contributed by atoms with Gasteiger partial charge in [-0.1, -0.05) is 72.1 Å². The highest BCUT2D eigenvalue weighted by Crippen LogP contribution is 2.29. The van der Waals surface area contributed by atoms with Gasteiger partial charge in [-0.3, -0.25) is 0 Å². The van der Waals surface area contributed by atoms with Crippen molar-refractivity contribution in [3.8, 4) is 0 Å².